The van der Waals surface area contributed by atoms with Crippen LogP contribution in [0.1, 0.15) is 0 Å². The third-order valence-corrected chi connectivity index (χ3v) is 1.73. The monoisotopic (exact) mass is 151 g/mol. The van der Waals surface area contributed by atoms with Gasteiger partial charge in [-0.15, -0.1) is 0 Å². The second-order valence-electron chi connectivity index (χ2n) is 2.50. The third-order valence-electron chi connectivity index (χ3n) is 1.73. The minimum Gasteiger partial charge on any atom is -0.387 e. The number of amides is 2. The fraction of sp³-hybridized carbons (Fsp3) is 0.286. The second kappa shape index (κ2) is 2.30. The summed E-state index contributed by atoms with van der Waals surface area (Å²) in [6.45, 7) is 1.41. The van der Waals surface area contributed by atoms with E-state index in [-0.39, 0.29) is 6.03 Å². The van der Waals surface area contributed by atoms with Gasteiger partial charge in [-0.3, -0.25) is 0 Å². The van der Waals surface area contributed by atoms with E-state index in [0.29, 0.717) is 6.54 Å². The maximum Gasteiger partial charge on any atom is 0.319 e. The van der Waals surface area contributed by atoms with E-state index < -0.39 is 0 Å². The fourth-order valence-electron chi connectivity index (χ4n) is 1.17. The Bertz CT molecular complexity index is 254. The summed E-state index contributed by atoms with van der Waals surface area (Å²) < 4.78 is 0. The molecule has 0 aromatic carbocycles. The van der Waals surface area contributed by atoms with E-state index in [1.165, 1.54) is 0 Å². The SMILES string of the molecule is O=C1NCC2=CNCC=C2N1. The summed E-state index contributed by atoms with van der Waals surface area (Å²) in [6, 6.07) is -0.115. The van der Waals surface area contributed by atoms with Gasteiger partial charge in [0.25, 0.3) is 0 Å². The zero-order chi connectivity index (χ0) is 7.68. The fourth-order valence-corrected chi connectivity index (χ4v) is 1.17. The van der Waals surface area contributed by atoms with E-state index in [0.717, 1.165) is 17.8 Å². The zero-order valence-corrected chi connectivity index (χ0v) is 5.98. The van der Waals surface area contributed by atoms with Crippen molar-refractivity contribution in [3.63, 3.8) is 0 Å². The van der Waals surface area contributed by atoms with E-state index in [1.54, 1.807) is 0 Å². The number of urea groups is 1. The van der Waals surface area contributed by atoms with Gasteiger partial charge in [0.15, 0.2) is 0 Å². The van der Waals surface area contributed by atoms with Gasteiger partial charge in [0, 0.05) is 30.6 Å². The molecule has 3 N–H and O–H groups in total. The van der Waals surface area contributed by atoms with Gasteiger partial charge in [0.1, 0.15) is 0 Å². The molecule has 0 unspecified atom stereocenters. The molecular weight excluding hydrogens is 142 g/mol. The first-order chi connectivity index (χ1) is 5.36. The molecule has 4 nitrogen and oxygen atoms in total. The van der Waals surface area contributed by atoms with Crippen LogP contribution in [0.4, 0.5) is 4.79 Å². The van der Waals surface area contributed by atoms with Crippen LogP contribution in [0.3, 0.4) is 0 Å². The molecule has 2 aliphatic rings. The van der Waals surface area contributed by atoms with Crippen LogP contribution in [-0.2, 0) is 0 Å². The molecule has 58 valence electrons. The quantitative estimate of drug-likeness (QED) is 0.444. The largest absolute Gasteiger partial charge is 0.387 e. The van der Waals surface area contributed by atoms with Crippen molar-refractivity contribution >= 4 is 6.03 Å². The number of hydrogen-bond donors (Lipinski definition) is 3. The van der Waals surface area contributed by atoms with Crippen molar-refractivity contribution < 1.29 is 4.79 Å². The molecule has 2 heterocycles. The molecule has 0 bridgehead atoms. The zero-order valence-electron chi connectivity index (χ0n) is 5.98. The lowest BCUT2D eigenvalue weighted by atomic mass is 10.1. The van der Waals surface area contributed by atoms with E-state index in [9.17, 15) is 4.79 Å². The topological polar surface area (TPSA) is 53.2 Å². The molecule has 0 saturated carbocycles. The summed E-state index contributed by atoms with van der Waals surface area (Å²) in [5.74, 6) is 0. The van der Waals surface area contributed by atoms with Crippen molar-refractivity contribution in [3.8, 4) is 0 Å². The van der Waals surface area contributed by atoms with E-state index in [1.807, 2.05) is 12.3 Å². The van der Waals surface area contributed by atoms with Gasteiger partial charge in [-0.1, -0.05) is 0 Å². The Morgan fingerprint density at radius 3 is 3.27 bits per heavy atom. The Morgan fingerprint density at radius 2 is 2.36 bits per heavy atom. The minimum atomic E-state index is -0.115. The number of nitrogens with one attached hydrogen (secondary N) is 3. The minimum absolute atomic E-state index is 0.115. The summed E-state index contributed by atoms with van der Waals surface area (Å²) in [5.41, 5.74) is 2.04. The average molecular weight is 151 g/mol. The molecule has 0 aromatic rings. The van der Waals surface area contributed by atoms with Gasteiger partial charge in [-0.25, -0.2) is 4.79 Å². The Hall–Kier alpha value is -1.45. The van der Waals surface area contributed by atoms with Gasteiger partial charge in [-0.2, -0.15) is 0 Å². The highest BCUT2D eigenvalue weighted by atomic mass is 16.2. The molecule has 0 radical (unpaired) electrons. The van der Waals surface area contributed by atoms with Crippen molar-refractivity contribution in [2.24, 2.45) is 0 Å². The maximum atomic E-state index is 10.8. The van der Waals surface area contributed by atoms with Crippen molar-refractivity contribution in [3.05, 3.63) is 23.5 Å². The number of fused-ring (bicyclic) bond motifs is 1. The second-order valence-corrected chi connectivity index (χ2v) is 2.50. The molecular formula is C7H9N3O. The van der Waals surface area contributed by atoms with Crippen LogP contribution in [0.2, 0.25) is 0 Å². The molecule has 2 rings (SSSR count). The maximum absolute atomic E-state index is 10.8. The van der Waals surface area contributed by atoms with Crippen LogP contribution in [0.15, 0.2) is 23.5 Å². The Labute approximate surface area is 64.3 Å². The molecule has 0 spiro atoms. The first-order valence-corrected chi connectivity index (χ1v) is 3.54. The summed E-state index contributed by atoms with van der Waals surface area (Å²) in [4.78, 5) is 10.8. The average Bonchev–Trinajstić information content (AvgIpc) is 2.04. The van der Waals surface area contributed by atoms with Crippen molar-refractivity contribution in [2.75, 3.05) is 13.1 Å². The van der Waals surface area contributed by atoms with Crippen LogP contribution < -0.4 is 16.0 Å². The Morgan fingerprint density at radius 1 is 1.45 bits per heavy atom. The smallest absolute Gasteiger partial charge is 0.319 e. The van der Waals surface area contributed by atoms with E-state index in [4.69, 9.17) is 0 Å². The van der Waals surface area contributed by atoms with Crippen LogP contribution in [-0.4, -0.2) is 19.1 Å². The van der Waals surface area contributed by atoms with Gasteiger partial charge in [-0.05, 0) is 6.08 Å². The lowest BCUT2D eigenvalue weighted by molar-refractivity contribution is 0.242. The first kappa shape index (κ1) is 6.27. The van der Waals surface area contributed by atoms with Crippen LogP contribution in [0, 0.1) is 0 Å². The molecule has 2 amide bonds. The van der Waals surface area contributed by atoms with E-state index >= 15 is 0 Å². The number of carbonyl (C=O) groups is 1. The summed E-state index contributed by atoms with van der Waals surface area (Å²) >= 11 is 0. The van der Waals surface area contributed by atoms with Crippen molar-refractivity contribution in [1.29, 1.82) is 0 Å². The van der Waals surface area contributed by atoms with Crippen molar-refractivity contribution in [1.82, 2.24) is 16.0 Å². The molecule has 0 aliphatic carbocycles. The highest BCUT2D eigenvalue weighted by Crippen LogP contribution is 2.10. The molecule has 0 aromatic heterocycles. The predicted molar refractivity (Wildman–Crippen MR) is 40.7 cm³/mol. The molecule has 1 fully saturated rings. The molecule has 2 aliphatic heterocycles. The van der Waals surface area contributed by atoms with Gasteiger partial charge in [0.2, 0.25) is 0 Å². The lowest BCUT2D eigenvalue weighted by Gasteiger charge is -2.23. The first-order valence-electron chi connectivity index (χ1n) is 3.54. The molecule has 11 heavy (non-hydrogen) atoms. The van der Waals surface area contributed by atoms with Crippen molar-refractivity contribution in [2.45, 2.75) is 0 Å². The van der Waals surface area contributed by atoms with Crippen LogP contribution in [0.5, 0.6) is 0 Å². The summed E-state index contributed by atoms with van der Waals surface area (Å²) in [5, 5.41) is 8.47. The standard InChI is InChI=1S/C7H9N3O/c11-7-9-4-5-3-8-2-1-6(5)10-7/h1,3,8H,2,4H2,(H2,9,10,11). The number of carbonyl (C=O) groups excluding carboxylic acids is 1. The van der Waals surface area contributed by atoms with Crippen LogP contribution in [0.25, 0.3) is 0 Å². The molecule has 0 atom stereocenters. The Balaban J connectivity index is 2.22. The van der Waals surface area contributed by atoms with E-state index in [2.05, 4.69) is 16.0 Å². The Kier molecular flexibility index (Phi) is 1.31. The molecule has 4 heteroatoms. The highest BCUT2D eigenvalue weighted by Gasteiger charge is 2.16. The molecule has 1 saturated heterocycles. The third kappa shape index (κ3) is 1.07. The summed E-state index contributed by atoms with van der Waals surface area (Å²) in [7, 11) is 0. The lowest BCUT2D eigenvalue weighted by Crippen LogP contribution is -2.44. The van der Waals surface area contributed by atoms with Crippen LogP contribution >= 0.6 is 0 Å². The summed E-state index contributed by atoms with van der Waals surface area (Å²) in [6.07, 6.45) is 3.88. The van der Waals surface area contributed by atoms with Gasteiger partial charge >= 0.3 is 6.03 Å². The van der Waals surface area contributed by atoms with Gasteiger partial charge < -0.3 is 16.0 Å². The highest BCUT2D eigenvalue weighted by molar-refractivity contribution is 5.79. The number of hydrogen-bond acceptors (Lipinski definition) is 2. The normalized spacial score (nSPS) is 21.6. The number of dihydropyridines is 1. The number of rotatable bonds is 0. The van der Waals surface area contributed by atoms with Gasteiger partial charge in [0.05, 0.1) is 0 Å². The predicted octanol–water partition coefficient (Wildman–Crippen LogP) is -0.330.